The zero-order valence-electron chi connectivity index (χ0n) is 16.8. The molecule has 1 atom stereocenters. The van der Waals surface area contributed by atoms with Gasteiger partial charge in [0.25, 0.3) is 5.91 Å². The first-order valence-electron chi connectivity index (χ1n) is 9.95. The van der Waals surface area contributed by atoms with E-state index >= 15 is 0 Å². The van der Waals surface area contributed by atoms with Gasteiger partial charge >= 0.3 is 0 Å². The van der Waals surface area contributed by atoms with Crippen LogP contribution in [0.15, 0.2) is 54.6 Å². The first-order valence-corrected chi connectivity index (χ1v) is 9.95. The number of amides is 1. The Morgan fingerprint density at radius 3 is 2.50 bits per heavy atom. The largest absolute Gasteiger partial charge is 0.484 e. The number of nitrogens with zero attached hydrogens (tertiary/aromatic N) is 2. The Balaban J connectivity index is 1.67. The van der Waals surface area contributed by atoms with Crippen LogP contribution in [0.1, 0.15) is 18.1 Å². The summed E-state index contributed by atoms with van der Waals surface area (Å²) in [7, 11) is 0. The summed E-state index contributed by atoms with van der Waals surface area (Å²) in [5.74, 6) is 0.768. The van der Waals surface area contributed by atoms with Crippen LogP contribution in [0.5, 0.6) is 5.75 Å². The van der Waals surface area contributed by atoms with E-state index in [4.69, 9.17) is 9.47 Å². The number of hydrogen-bond acceptors (Lipinski definition) is 4. The summed E-state index contributed by atoms with van der Waals surface area (Å²) in [5, 5.41) is 0. The SMILES string of the molecule is Cc1ccccc1OCC(=O)N(Cc1ccccc1)C(C)CN1CCOCC1. The average molecular weight is 383 g/mol. The minimum absolute atomic E-state index is 0.00728. The van der Waals surface area contributed by atoms with Crippen molar-refractivity contribution in [1.82, 2.24) is 9.80 Å². The lowest BCUT2D eigenvalue weighted by Gasteiger charge is -2.35. The van der Waals surface area contributed by atoms with E-state index in [9.17, 15) is 4.79 Å². The Hall–Kier alpha value is -2.37. The smallest absolute Gasteiger partial charge is 0.261 e. The maximum absolute atomic E-state index is 13.1. The molecule has 0 aromatic heterocycles. The quantitative estimate of drug-likeness (QED) is 0.704. The lowest BCUT2D eigenvalue weighted by Crippen LogP contribution is -2.49. The molecule has 1 heterocycles. The second-order valence-corrected chi connectivity index (χ2v) is 7.32. The summed E-state index contributed by atoms with van der Waals surface area (Å²) in [6.07, 6.45) is 0. The number of morpholine rings is 1. The second kappa shape index (κ2) is 10.2. The Morgan fingerprint density at radius 1 is 1.11 bits per heavy atom. The molecule has 0 aliphatic carbocycles. The summed E-state index contributed by atoms with van der Waals surface area (Å²) in [5.41, 5.74) is 2.16. The Labute approximate surface area is 167 Å². The molecular weight excluding hydrogens is 352 g/mol. The molecule has 3 rings (SSSR count). The molecule has 5 nitrogen and oxygen atoms in total. The van der Waals surface area contributed by atoms with Gasteiger partial charge in [-0.25, -0.2) is 0 Å². The first kappa shape index (κ1) is 20.4. The van der Waals surface area contributed by atoms with E-state index in [-0.39, 0.29) is 18.6 Å². The summed E-state index contributed by atoms with van der Waals surface area (Å²) in [4.78, 5) is 17.4. The Morgan fingerprint density at radius 2 is 1.79 bits per heavy atom. The lowest BCUT2D eigenvalue weighted by atomic mass is 10.1. The van der Waals surface area contributed by atoms with Gasteiger partial charge < -0.3 is 14.4 Å². The van der Waals surface area contributed by atoms with Gasteiger partial charge in [-0.2, -0.15) is 0 Å². The van der Waals surface area contributed by atoms with E-state index in [1.54, 1.807) is 0 Å². The molecule has 1 unspecified atom stereocenters. The first-order chi connectivity index (χ1) is 13.6. The van der Waals surface area contributed by atoms with Crippen molar-refractivity contribution in [2.75, 3.05) is 39.5 Å². The van der Waals surface area contributed by atoms with Crippen molar-refractivity contribution >= 4 is 5.91 Å². The zero-order chi connectivity index (χ0) is 19.8. The van der Waals surface area contributed by atoms with E-state index in [1.807, 2.05) is 54.3 Å². The van der Waals surface area contributed by atoms with Crippen LogP contribution in [-0.4, -0.2) is 61.2 Å². The monoisotopic (exact) mass is 382 g/mol. The number of ether oxygens (including phenoxy) is 2. The number of hydrogen-bond donors (Lipinski definition) is 0. The van der Waals surface area contributed by atoms with Crippen LogP contribution >= 0.6 is 0 Å². The molecule has 0 spiro atoms. The number of para-hydroxylation sites is 1. The third kappa shape index (κ3) is 5.81. The molecule has 28 heavy (non-hydrogen) atoms. The normalized spacial score (nSPS) is 15.8. The van der Waals surface area contributed by atoms with Crippen LogP contribution < -0.4 is 4.74 Å². The molecule has 1 aliphatic rings. The van der Waals surface area contributed by atoms with Crippen LogP contribution in [0.25, 0.3) is 0 Å². The van der Waals surface area contributed by atoms with Crippen LogP contribution in [0.3, 0.4) is 0 Å². The van der Waals surface area contributed by atoms with Gasteiger partial charge in [0.1, 0.15) is 5.75 Å². The fourth-order valence-electron chi connectivity index (χ4n) is 3.47. The molecule has 0 saturated carbocycles. The molecule has 0 N–H and O–H groups in total. The van der Waals surface area contributed by atoms with E-state index in [0.717, 1.165) is 49.7 Å². The molecule has 0 bridgehead atoms. The maximum atomic E-state index is 13.1. The minimum atomic E-state index is 0.00728. The van der Waals surface area contributed by atoms with E-state index in [0.29, 0.717) is 6.54 Å². The summed E-state index contributed by atoms with van der Waals surface area (Å²) in [6, 6.07) is 18.0. The van der Waals surface area contributed by atoms with Gasteiger partial charge in [-0.15, -0.1) is 0 Å². The van der Waals surface area contributed by atoms with Crippen molar-refractivity contribution in [2.24, 2.45) is 0 Å². The van der Waals surface area contributed by atoms with Gasteiger partial charge in [-0.05, 0) is 31.0 Å². The molecule has 1 amide bonds. The number of carbonyl (C=O) groups excluding carboxylic acids is 1. The summed E-state index contributed by atoms with van der Waals surface area (Å²) >= 11 is 0. The van der Waals surface area contributed by atoms with Crippen LogP contribution in [-0.2, 0) is 16.1 Å². The molecule has 1 fully saturated rings. The summed E-state index contributed by atoms with van der Waals surface area (Å²) < 4.78 is 11.3. The highest BCUT2D eigenvalue weighted by atomic mass is 16.5. The van der Waals surface area contributed by atoms with E-state index < -0.39 is 0 Å². The van der Waals surface area contributed by atoms with Crippen molar-refractivity contribution in [3.8, 4) is 5.75 Å². The lowest BCUT2D eigenvalue weighted by molar-refractivity contribution is -0.136. The molecule has 0 radical (unpaired) electrons. The Bertz CT molecular complexity index is 745. The fourth-order valence-corrected chi connectivity index (χ4v) is 3.47. The van der Waals surface area contributed by atoms with Crippen molar-refractivity contribution in [3.05, 3.63) is 65.7 Å². The number of carbonyl (C=O) groups is 1. The molecule has 1 aliphatic heterocycles. The zero-order valence-corrected chi connectivity index (χ0v) is 16.8. The van der Waals surface area contributed by atoms with Gasteiger partial charge in [-0.1, -0.05) is 48.5 Å². The van der Waals surface area contributed by atoms with Crippen molar-refractivity contribution in [1.29, 1.82) is 0 Å². The molecule has 5 heteroatoms. The standard InChI is InChI=1S/C23H30N2O3/c1-19-8-6-7-11-22(19)28-18-23(26)25(17-21-9-4-3-5-10-21)20(2)16-24-12-14-27-15-13-24/h3-11,20H,12-18H2,1-2H3. The van der Waals surface area contributed by atoms with Gasteiger partial charge in [0.15, 0.2) is 6.61 Å². The van der Waals surface area contributed by atoms with Gasteiger partial charge in [-0.3, -0.25) is 9.69 Å². The van der Waals surface area contributed by atoms with Crippen molar-refractivity contribution in [2.45, 2.75) is 26.4 Å². The predicted octanol–water partition coefficient (Wildman–Crippen LogP) is 3.12. The van der Waals surface area contributed by atoms with Gasteiger partial charge in [0.2, 0.25) is 0 Å². The van der Waals surface area contributed by atoms with Gasteiger partial charge in [0, 0.05) is 32.2 Å². The molecule has 2 aromatic rings. The molecule has 2 aromatic carbocycles. The third-order valence-corrected chi connectivity index (χ3v) is 5.12. The highest BCUT2D eigenvalue weighted by Gasteiger charge is 2.24. The molecule has 150 valence electrons. The number of benzene rings is 2. The highest BCUT2D eigenvalue weighted by Crippen LogP contribution is 2.17. The van der Waals surface area contributed by atoms with Crippen molar-refractivity contribution in [3.63, 3.8) is 0 Å². The third-order valence-electron chi connectivity index (χ3n) is 5.12. The molecular formula is C23H30N2O3. The van der Waals surface area contributed by atoms with Crippen LogP contribution in [0.2, 0.25) is 0 Å². The maximum Gasteiger partial charge on any atom is 0.261 e. The topological polar surface area (TPSA) is 42.0 Å². The number of aryl methyl sites for hydroxylation is 1. The minimum Gasteiger partial charge on any atom is -0.484 e. The van der Waals surface area contributed by atoms with Crippen LogP contribution in [0.4, 0.5) is 0 Å². The van der Waals surface area contributed by atoms with Crippen molar-refractivity contribution < 1.29 is 14.3 Å². The van der Waals surface area contributed by atoms with E-state index in [2.05, 4.69) is 24.0 Å². The number of rotatable bonds is 8. The fraction of sp³-hybridized carbons (Fsp3) is 0.435. The van der Waals surface area contributed by atoms with Gasteiger partial charge in [0.05, 0.1) is 13.2 Å². The molecule has 1 saturated heterocycles. The highest BCUT2D eigenvalue weighted by molar-refractivity contribution is 5.78. The summed E-state index contributed by atoms with van der Waals surface area (Å²) in [6.45, 7) is 8.92. The Kier molecular flexibility index (Phi) is 7.46. The predicted molar refractivity (Wildman–Crippen MR) is 110 cm³/mol. The van der Waals surface area contributed by atoms with Crippen LogP contribution in [0, 0.1) is 6.92 Å². The second-order valence-electron chi connectivity index (χ2n) is 7.32. The van der Waals surface area contributed by atoms with E-state index in [1.165, 1.54) is 0 Å². The average Bonchev–Trinajstić information content (AvgIpc) is 2.72.